The summed E-state index contributed by atoms with van der Waals surface area (Å²) in [5.41, 5.74) is 1.91. The highest BCUT2D eigenvalue weighted by Crippen LogP contribution is 2.44. The van der Waals surface area contributed by atoms with E-state index in [0.29, 0.717) is 12.8 Å². The van der Waals surface area contributed by atoms with Gasteiger partial charge in [0.25, 0.3) is 0 Å². The fourth-order valence-electron chi connectivity index (χ4n) is 5.67. The first-order chi connectivity index (χ1) is 16.9. The molecule has 2 aromatic carbocycles. The number of carboxylic acid groups (broad SMARTS) is 1. The molecule has 1 aliphatic heterocycles. The second-order valence-corrected chi connectivity index (χ2v) is 9.69. The van der Waals surface area contributed by atoms with E-state index in [1.165, 1.54) is 0 Å². The van der Waals surface area contributed by atoms with Gasteiger partial charge in [-0.15, -0.1) is 0 Å². The Labute approximate surface area is 204 Å². The Balaban J connectivity index is 1.30. The van der Waals surface area contributed by atoms with Gasteiger partial charge in [-0.3, -0.25) is 4.79 Å². The molecule has 1 saturated carbocycles. The lowest BCUT2D eigenvalue weighted by Crippen LogP contribution is -2.66. The third kappa shape index (κ3) is 4.27. The highest BCUT2D eigenvalue weighted by Gasteiger charge is 2.49. The predicted molar refractivity (Wildman–Crippen MR) is 128 cm³/mol. The van der Waals surface area contributed by atoms with E-state index >= 15 is 0 Å². The van der Waals surface area contributed by atoms with Crippen molar-refractivity contribution < 1.29 is 29.0 Å². The number of hydrogen-bond donors (Lipinski definition) is 3. The summed E-state index contributed by atoms with van der Waals surface area (Å²) in [7, 11) is 0. The van der Waals surface area contributed by atoms with Gasteiger partial charge in [-0.25, -0.2) is 9.59 Å². The molecule has 3 aliphatic rings. The number of carbonyl (C=O) groups is 3. The van der Waals surface area contributed by atoms with Crippen LogP contribution in [0, 0.1) is 0 Å². The van der Waals surface area contributed by atoms with Gasteiger partial charge in [-0.05, 0) is 35.1 Å². The molecule has 0 aromatic heterocycles. The smallest absolute Gasteiger partial charge is 0.408 e. The van der Waals surface area contributed by atoms with Crippen molar-refractivity contribution in [3.63, 3.8) is 0 Å². The number of rotatable bonds is 6. The number of aliphatic carboxylic acids is 1. The molecule has 8 heteroatoms. The van der Waals surface area contributed by atoms with E-state index in [1.807, 2.05) is 36.4 Å². The normalized spacial score (nSPS) is 19.9. The summed E-state index contributed by atoms with van der Waals surface area (Å²) >= 11 is 0. The van der Waals surface area contributed by atoms with Crippen molar-refractivity contribution in [2.45, 2.75) is 55.5 Å². The lowest BCUT2D eigenvalue weighted by molar-refractivity contribution is -0.149. The van der Waals surface area contributed by atoms with E-state index in [9.17, 15) is 19.5 Å². The fraction of sp³-hybridized carbons (Fsp3) is 0.444. The molecule has 5 rings (SSSR count). The number of carboxylic acids is 1. The molecular formula is C27H30N2O6. The van der Waals surface area contributed by atoms with Crippen LogP contribution in [-0.2, 0) is 19.1 Å². The number of hydrogen-bond acceptors (Lipinski definition) is 5. The molecular weight excluding hydrogens is 448 g/mol. The standard InChI is InChI=1S/C27H30N2O6/c30-23(28-27(24(31)32)11-5-6-12-27)26(13-15-34-16-14-26)29-25(33)35-17-22-20-9-3-1-7-18(20)19-8-2-4-10-21(19)22/h1-4,7-10,22H,5-6,11-17H2,(H,28,30)(H,29,33)(H,31,32). The molecule has 0 spiro atoms. The maximum Gasteiger partial charge on any atom is 0.408 e. The third-order valence-corrected chi connectivity index (χ3v) is 7.69. The first kappa shape index (κ1) is 23.4. The quantitative estimate of drug-likeness (QED) is 0.585. The lowest BCUT2D eigenvalue weighted by atomic mass is 9.87. The van der Waals surface area contributed by atoms with Crippen molar-refractivity contribution in [1.29, 1.82) is 0 Å². The van der Waals surface area contributed by atoms with Gasteiger partial charge < -0.3 is 25.2 Å². The van der Waals surface area contributed by atoms with Crippen molar-refractivity contribution in [1.82, 2.24) is 10.6 Å². The third-order valence-electron chi connectivity index (χ3n) is 7.69. The van der Waals surface area contributed by atoms with Crippen LogP contribution in [0.4, 0.5) is 4.79 Å². The van der Waals surface area contributed by atoms with E-state index in [-0.39, 0.29) is 38.6 Å². The summed E-state index contributed by atoms with van der Waals surface area (Å²) in [4.78, 5) is 38.4. The molecule has 1 heterocycles. The zero-order chi connectivity index (χ0) is 24.5. The summed E-state index contributed by atoms with van der Waals surface area (Å²) in [5, 5.41) is 15.3. The van der Waals surface area contributed by atoms with Gasteiger partial charge in [0, 0.05) is 32.0 Å². The van der Waals surface area contributed by atoms with Gasteiger partial charge in [-0.1, -0.05) is 61.4 Å². The molecule has 0 unspecified atom stereocenters. The zero-order valence-electron chi connectivity index (χ0n) is 19.5. The predicted octanol–water partition coefficient (Wildman–Crippen LogP) is 3.59. The van der Waals surface area contributed by atoms with Crippen LogP contribution < -0.4 is 10.6 Å². The number of benzene rings is 2. The van der Waals surface area contributed by atoms with Gasteiger partial charge in [-0.2, -0.15) is 0 Å². The second kappa shape index (κ2) is 9.34. The molecule has 0 bridgehead atoms. The number of alkyl carbamates (subject to hydrolysis) is 1. The summed E-state index contributed by atoms with van der Waals surface area (Å²) in [6.07, 6.45) is 2.04. The van der Waals surface area contributed by atoms with Crippen LogP contribution >= 0.6 is 0 Å². The van der Waals surface area contributed by atoms with E-state index in [2.05, 4.69) is 22.8 Å². The summed E-state index contributed by atoms with van der Waals surface area (Å²) in [5.74, 6) is -1.62. The minimum atomic E-state index is -1.29. The van der Waals surface area contributed by atoms with Crippen molar-refractivity contribution in [2.75, 3.05) is 19.8 Å². The van der Waals surface area contributed by atoms with Gasteiger partial charge in [0.05, 0.1) is 0 Å². The zero-order valence-corrected chi connectivity index (χ0v) is 19.5. The monoisotopic (exact) mass is 478 g/mol. The molecule has 2 aromatic rings. The van der Waals surface area contributed by atoms with Crippen LogP contribution in [0.5, 0.6) is 0 Å². The van der Waals surface area contributed by atoms with Crippen LogP contribution in [0.1, 0.15) is 55.6 Å². The number of ether oxygens (including phenoxy) is 2. The largest absolute Gasteiger partial charge is 0.480 e. The molecule has 2 amide bonds. The van der Waals surface area contributed by atoms with E-state index < -0.39 is 29.0 Å². The average Bonchev–Trinajstić information content (AvgIpc) is 3.47. The van der Waals surface area contributed by atoms with E-state index in [1.54, 1.807) is 0 Å². The van der Waals surface area contributed by atoms with Crippen LogP contribution in [0.25, 0.3) is 11.1 Å². The van der Waals surface area contributed by atoms with Gasteiger partial charge in [0.1, 0.15) is 17.7 Å². The van der Waals surface area contributed by atoms with E-state index in [4.69, 9.17) is 9.47 Å². The van der Waals surface area contributed by atoms with Crippen molar-refractivity contribution >= 4 is 18.0 Å². The maximum absolute atomic E-state index is 13.4. The molecule has 184 valence electrons. The minimum Gasteiger partial charge on any atom is -0.480 e. The molecule has 2 aliphatic carbocycles. The Hall–Kier alpha value is -3.39. The second-order valence-electron chi connectivity index (χ2n) is 9.69. The Bertz CT molecular complexity index is 1090. The first-order valence-corrected chi connectivity index (χ1v) is 12.2. The van der Waals surface area contributed by atoms with Gasteiger partial charge >= 0.3 is 12.1 Å². The number of fused-ring (bicyclic) bond motifs is 3. The molecule has 3 N–H and O–H groups in total. The fourth-order valence-corrected chi connectivity index (χ4v) is 5.67. The molecule has 8 nitrogen and oxygen atoms in total. The molecule has 2 fully saturated rings. The van der Waals surface area contributed by atoms with Gasteiger partial charge in [0.2, 0.25) is 5.91 Å². The molecule has 0 atom stereocenters. The van der Waals surface area contributed by atoms with Gasteiger partial charge in [0.15, 0.2) is 0 Å². The molecule has 35 heavy (non-hydrogen) atoms. The Morgan fingerprint density at radius 1 is 0.857 bits per heavy atom. The van der Waals surface area contributed by atoms with Crippen molar-refractivity contribution in [2.24, 2.45) is 0 Å². The highest BCUT2D eigenvalue weighted by molar-refractivity contribution is 5.94. The number of nitrogens with one attached hydrogen (secondary N) is 2. The molecule has 1 saturated heterocycles. The van der Waals surface area contributed by atoms with Crippen LogP contribution in [0.3, 0.4) is 0 Å². The highest BCUT2D eigenvalue weighted by atomic mass is 16.5. The van der Waals surface area contributed by atoms with Crippen LogP contribution in [0.2, 0.25) is 0 Å². The first-order valence-electron chi connectivity index (χ1n) is 12.2. The summed E-state index contributed by atoms with van der Waals surface area (Å²) in [6, 6.07) is 16.2. The lowest BCUT2D eigenvalue weighted by Gasteiger charge is -2.38. The van der Waals surface area contributed by atoms with Crippen molar-refractivity contribution in [3.05, 3.63) is 59.7 Å². The molecule has 0 radical (unpaired) electrons. The average molecular weight is 479 g/mol. The van der Waals surface area contributed by atoms with E-state index in [0.717, 1.165) is 35.1 Å². The summed E-state index contributed by atoms with van der Waals surface area (Å²) < 4.78 is 11.1. The maximum atomic E-state index is 13.4. The number of amides is 2. The Morgan fingerprint density at radius 2 is 1.43 bits per heavy atom. The minimum absolute atomic E-state index is 0.0959. The Morgan fingerprint density at radius 3 is 2.00 bits per heavy atom. The van der Waals surface area contributed by atoms with Crippen molar-refractivity contribution in [3.8, 4) is 11.1 Å². The SMILES string of the molecule is O=C(NC1(C(=O)NC2(C(=O)O)CCCC2)CCOCC1)OCC1c2ccccc2-c2ccccc21. The van der Waals surface area contributed by atoms with Crippen LogP contribution in [0.15, 0.2) is 48.5 Å². The summed E-state index contributed by atoms with van der Waals surface area (Å²) in [6.45, 7) is 0.710. The Kier molecular flexibility index (Phi) is 6.23. The topological polar surface area (TPSA) is 114 Å². The number of carbonyl (C=O) groups excluding carboxylic acids is 2. The van der Waals surface area contributed by atoms with Crippen LogP contribution in [-0.4, -0.2) is 54.0 Å².